The fourth-order valence-corrected chi connectivity index (χ4v) is 3.89. The predicted molar refractivity (Wildman–Crippen MR) is 130 cm³/mol. The van der Waals surface area contributed by atoms with E-state index in [1.807, 2.05) is 19.1 Å². The molecule has 0 atom stereocenters. The summed E-state index contributed by atoms with van der Waals surface area (Å²) in [5, 5.41) is 6.12. The third-order valence-electron chi connectivity index (χ3n) is 5.44. The van der Waals surface area contributed by atoms with Crippen LogP contribution in [0.1, 0.15) is 25.3 Å². The quantitative estimate of drug-likeness (QED) is 0.372. The van der Waals surface area contributed by atoms with Gasteiger partial charge in [0.05, 0.1) is 5.69 Å². The Kier molecular flexibility index (Phi) is 7.33. The molecule has 0 fully saturated rings. The SMILES string of the molecule is CCCN(C(=O)Nc1ccc(OC(F)(F)F)cc1)c1ccc(Oc2cccc3c2NCCC3)cc1. The van der Waals surface area contributed by atoms with Crippen molar-refractivity contribution in [2.75, 3.05) is 28.6 Å². The lowest BCUT2D eigenvalue weighted by Gasteiger charge is -2.23. The molecule has 184 valence electrons. The zero-order chi connectivity index (χ0) is 24.8. The molecule has 0 radical (unpaired) electrons. The molecule has 0 unspecified atom stereocenters. The number of nitrogens with zero attached hydrogens (tertiary/aromatic N) is 1. The number of ether oxygens (including phenoxy) is 2. The molecule has 0 saturated heterocycles. The summed E-state index contributed by atoms with van der Waals surface area (Å²) >= 11 is 0. The number of amides is 2. The standard InChI is InChI=1S/C26H26F3N3O3/c1-2-17-32(25(33)31-19-8-12-22(13-9-19)35-26(27,28)29)20-10-14-21(15-11-20)34-23-7-3-5-18-6-4-16-30-24(18)23/h3,5,7-15,30H,2,4,6,16-17H2,1H3,(H,31,33). The van der Waals surface area contributed by atoms with Gasteiger partial charge in [-0.3, -0.25) is 4.90 Å². The van der Waals surface area contributed by atoms with Gasteiger partial charge in [0.15, 0.2) is 5.75 Å². The molecule has 0 saturated carbocycles. The average Bonchev–Trinajstić information content (AvgIpc) is 2.84. The second-order valence-corrected chi connectivity index (χ2v) is 8.07. The molecule has 2 N–H and O–H groups in total. The Morgan fingerprint density at radius 1 is 1.03 bits per heavy atom. The summed E-state index contributed by atoms with van der Waals surface area (Å²) in [7, 11) is 0. The number of halogens is 3. The lowest BCUT2D eigenvalue weighted by Crippen LogP contribution is -2.35. The van der Waals surface area contributed by atoms with Crippen LogP contribution < -0.4 is 25.0 Å². The molecule has 0 aromatic heterocycles. The van der Waals surface area contributed by atoms with E-state index >= 15 is 0 Å². The number of aryl methyl sites for hydroxylation is 1. The topological polar surface area (TPSA) is 62.8 Å². The van der Waals surface area contributed by atoms with Crippen molar-refractivity contribution < 1.29 is 27.4 Å². The highest BCUT2D eigenvalue weighted by Crippen LogP contribution is 2.35. The zero-order valence-corrected chi connectivity index (χ0v) is 19.2. The number of urea groups is 1. The van der Waals surface area contributed by atoms with Crippen LogP contribution in [0, 0.1) is 0 Å². The van der Waals surface area contributed by atoms with E-state index in [4.69, 9.17) is 4.74 Å². The lowest BCUT2D eigenvalue weighted by molar-refractivity contribution is -0.274. The molecule has 3 aromatic carbocycles. The van der Waals surface area contributed by atoms with Crippen molar-refractivity contribution in [2.45, 2.75) is 32.5 Å². The molecule has 4 rings (SSSR count). The zero-order valence-electron chi connectivity index (χ0n) is 19.2. The van der Waals surface area contributed by atoms with E-state index in [1.54, 1.807) is 29.2 Å². The molecule has 0 bridgehead atoms. The van der Waals surface area contributed by atoms with Gasteiger partial charge in [-0.25, -0.2) is 4.79 Å². The van der Waals surface area contributed by atoms with E-state index in [9.17, 15) is 18.0 Å². The monoisotopic (exact) mass is 485 g/mol. The molecule has 1 aliphatic heterocycles. The second-order valence-electron chi connectivity index (χ2n) is 8.07. The summed E-state index contributed by atoms with van der Waals surface area (Å²) in [5.74, 6) is 1.05. The highest BCUT2D eigenvalue weighted by Gasteiger charge is 2.31. The van der Waals surface area contributed by atoms with Gasteiger partial charge >= 0.3 is 12.4 Å². The van der Waals surface area contributed by atoms with Gasteiger partial charge < -0.3 is 20.1 Å². The van der Waals surface area contributed by atoms with Crippen LogP contribution in [0.25, 0.3) is 0 Å². The first-order valence-electron chi connectivity index (χ1n) is 11.4. The summed E-state index contributed by atoms with van der Waals surface area (Å²) in [6, 6.07) is 17.8. The second kappa shape index (κ2) is 10.6. The van der Waals surface area contributed by atoms with Crippen LogP contribution in [0.3, 0.4) is 0 Å². The van der Waals surface area contributed by atoms with Gasteiger partial charge in [0.1, 0.15) is 11.5 Å². The Balaban J connectivity index is 1.44. The lowest BCUT2D eigenvalue weighted by atomic mass is 10.0. The first-order chi connectivity index (χ1) is 16.8. The third-order valence-corrected chi connectivity index (χ3v) is 5.44. The largest absolute Gasteiger partial charge is 0.573 e. The molecule has 0 spiro atoms. The van der Waals surface area contributed by atoms with Crippen molar-refractivity contribution in [1.82, 2.24) is 0 Å². The minimum atomic E-state index is -4.77. The molecular formula is C26H26F3N3O3. The maximum Gasteiger partial charge on any atom is 0.573 e. The van der Waals surface area contributed by atoms with Gasteiger partial charge in [0.2, 0.25) is 0 Å². The highest BCUT2D eigenvalue weighted by atomic mass is 19.4. The summed E-state index contributed by atoms with van der Waals surface area (Å²) in [6.07, 6.45) is -1.95. The number of alkyl halides is 3. The average molecular weight is 486 g/mol. The maximum atomic E-state index is 12.9. The number of nitrogens with one attached hydrogen (secondary N) is 2. The van der Waals surface area contributed by atoms with Gasteiger partial charge in [0, 0.05) is 24.5 Å². The van der Waals surface area contributed by atoms with Gasteiger partial charge in [-0.1, -0.05) is 19.1 Å². The van der Waals surface area contributed by atoms with Gasteiger partial charge in [-0.2, -0.15) is 0 Å². The number of anilines is 3. The molecule has 6 nitrogen and oxygen atoms in total. The van der Waals surface area contributed by atoms with Crippen molar-refractivity contribution in [3.05, 3.63) is 72.3 Å². The predicted octanol–water partition coefficient (Wildman–Crippen LogP) is 7.18. The van der Waals surface area contributed by atoms with Crippen molar-refractivity contribution in [2.24, 2.45) is 0 Å². The Labute approximate surface area is 201 Å². The molecule has 2 amide bonds. The highest BCUT2D eigenvalue weighted by molar-refractivity contribution is 6.01. The Bertz CT molecular complexity index is 1150. The summed E-state index contributed by atoms with van der Waals surface area (Å²) in [6.45, 7) is 3.31. The van der Waals surface area contributed by atoms with E-state index in [2.05, 4.69) is 21.4 Å². The minimum Gasteiger partial charge on any atom is -0.455 e. The van der Waals surface area contributed by atoms with Crippen LogP contribution in [-0.4, -0.2) is 25.5 Å². The number of hydrogen-bond donors (Lipinski definition) is 2. The van der Waals surface area contributed by atoms with E-state index in [-0.39, 0.29) is 5.75 Å². The van der Waals surface area contributed by atoms with Crippen molar-refractivity contribution in [1.29, 1.82) is 0 Å². The first-order valence-corrected chi connectivity index (χ1v) is 11.4. The normalized spacial score (nSPS) is 12.8. The third kappa shape index (κ3) is 6.38. The van der Waals surface area contributed by atoms with Crippen LogP contribution in [0.5, 0.6) is 17.2 Å². The molecule has 0 aliphatic carbocycles. The van der Waals surface area contributed by atoms with Crippen LogP contribution in [0.2, 0.25) is 0 Å². The summed E-state index contributed by atoms with van der Waals surface area (Å²) in [4.78, 5) is 14.5. The number of hydrogen-bond acceptors (Lipinski definition) is 4. The van der Waals surface area contributed by atoms with E-state index < -0.39 is 12.4 Å². The molecule has 3 aromatic rings. The Hall–Kier alpha value is -3.88. The van der Waals surface area contributed by atoms with Crippen molar-refractivity contribution in [3.63, 3.8) is 0 Å². The fourth-order valence-electron chi connectivity index (χ4n) is 3.89. The van der Waals surface area contributed by atoms with Gasteiger partial charge in [-0.05, 0) is 79.4 Å². The maximum absolute atomic E-state index is 12.9. The number of rotatable bonds is 7. The van der Waals surface area contributed by atoms with Crippen LogP contribution >= 0.6 is 0 Å². The van der Waals surface area contributed by atoms with E-state index in [1.165, 1.54) is 17.7 Å². The Morgan fingerprint density at radius 2 is 1.74 bits per heavy atom. The molecular weight excluding hydrogens is 459 g/mol. The molecule has 1 heterocycles. The minimum absolute atomic E-state index is 0.354. The summed E-state index contributed by atoms with van der Waals surface area (Å²) < 4.78 is 47.0. The number of para-hydroxylation sites is 1. The van der Waals surface area contributed by atoms with Crippen LogP contribution in [0.15, 0.2) is 66.7 Å². The number of carbonyl (C=O) groups excluding carboxylic acids is 1. The summed E-state index contributed by atoms with van der Waals surface area (Å²) in [5.41, 5.74) is 3.27. The van der Waals surface area contributed by atoms with Gasteiger partial charge in [-0.15, -0.1) is 13.2 Å². The number of fused-ring (bicyclic) bond motifs is 1. The number of carbonyl (C=O) groups is 1. The fraction of sp³-hybridized carbons (Fsp3) is 0.269. The first kappa shape index (κ1) is 24.3. The van der Waals surface area contributed by atoms with E-state index in [0.29, 0.717) is 30.1 Å². The smallest absolute Gasteiger partial charge is 0.455 e. The molecule has 1 aliphatic rings. The van der Waals surface area contributed by atoms with E-state index in [0.717, 1.165) is 43.0 Å². The van der Waals surface area contributed by atoms with Crippen LogP contribution in [0.4, 0.5) is 35.0 Å². The van der Waals surface area contributed by atoms with Crippen molar-refractivity contribution in [3.8, 4) is 17.2 Å². The van der Waals surface area contributed by atoms with Crippen LogP contribution in [-0.2, 0) is 6.42 Å². The molecule has 35 heavy (non-hydrogen) atoms. The Morgan fingerprint density at radius 3 is 2.43 bits per heavy atom. The molecule has 9 heteroatoms. The van der Waals surface area contributed by atoms with Gasteiger partial charge in [0.25, 0.3) is 0 Å². The van der Waals surface area contributed by atoms with Crippen molar-refractivity contribution >= 4 is 23.1 Å². The number of benzene rings is 3.